The van der Waals surface area contributed by atoms with Crippen LogP contribution in [-0.2, 0) is 11.8 Å². The number of hydrogen-bond acceptors (Lipinski definition) is 4. The minimum atomic E-state index is -1.09. The minimum absolute atomic E-state index is 0.0804. The van der Waals surface area contributed by atoms with Crippen molar-refractivity contribution in [2.75, 3.05) is 13.2 Å². The van der Waals surface area contributed by atoms with Gasteiger partial charge in [-0.3, -0.25) is 0 Å². The lowest BCUT2D eigenvalue weighted by Gasteiger charge is -2.58. The number of aliphatic hydroxyl groups excluding tert-OH is 1. The summed E-state index contributed by atoms with van der Waals surface area (Å²) < 4.78 is 5.74. The summed E-state index contributed by atoms with van der Waals surface area (Å²) in [5, 5.41) is 30.6. The number of aliphatic hydroxyl groups is 3. The van der Waals surface area contributed by atoms with E-state index in [0.29, 0.717) is 31.8 Å². The Labute approximate surface area is 150 Å². The number of fused-ring (bicyclic) bond motifs is 3. The highest BCUT2D eigenvalue weighted by Gasteiger charge is 2.58. The zero-order valence-electron chi connectivity index (χ0n) is 15.7. The summed E-state index contributed by atoms with van der Waals surface area (Å²) in [6, 6.07) is 6.30. The lowest BCUT2D eigenvalue weighted by molar-refractivity contribution is -0.189. The van der Waals surface area contributed by atoms with Crippen molar-refractivity contribution in [3.05, 3.63) is 29.3 Å². The van der Waals surface area contributed by atoms with Crippen LogP contribution in [0.1, 0.15) is 64.0 Å². The molecule has 1 fully saturated rings. The molecule has 0 unspecified atom stereocenters. The standard InChI is InChI=1S/C21H32O4/c1-4-21-14-20(3,24)19(2,23)13-16(21)7-6-15-12-17(8-9-18(15)21)25-11-5-10-22/h8-9,12,16,22-24H,4-7,10-11,13-14H2,1-3H3/t16-,19+,20-,21-/m1/s1. The minimum Gasteiger partial charge on any atom is -0.493 e. The molecule has 2 aliphatic rings. The molecule has 0 heterocycles. The summed E-state index contributed by atoms with van der Waals surface area (Å²) >= 11 is 0. The maximum atomic E-state index is 11.0. The van der Waals surface area contributed by atoms with Crippen LogP contribution >= 0.6 is 0 Å². The van der Waals surface area contributed by atoms with E-state index in [1.165, 1.54) is 11.1 Å². The molecule has 3 rings (SSSR count). The van der Waals surface area contributed by atoms with Gasteiger partial charge in [0.25, 0.3) is 0 Å². The molecular weight excluding hydrogens is 316 g/mol. The van der Waals surface area contributed by atoms with E-state index < -0.39 is 11.2 Å². The zero-order chi connectivity index (χ0) is 18.3. The molecule has 0 amide bonds. The van der Waals surface area contributed by atoms with E-state index in [1.807, 2.05) is 6.07 Å². The van der Waals surface area contributed by atoms with Crippen LogP contribution in [0.2, 0.25) is 0 Å². The molecule has 0 aromatic heterocycles. The number of rotatable bonds is 5. The highest BCUT2D eigenvalue weighted by Crippen LogP contribution is 2.57. The number of aryl methyl sites for hydroxylation is 1. The van der Waals surface area contributed by atoms with Crippen LogP contribution in [0.5, 0.6) is 5.75 Å². The molecule has 0 aliphatic heterocycles. The van der Waals surface area contributed by atoms with Crippen molar-refractivity contribution >= 4 is 0 Å². The Morgan fingerprint density at radius 2 is 1.96 bits per heavy atom. The van der Waals surface area contributed by atoms with Gasteiger partial charge in [-0.1, -0.05) is 13.0 Å². The predicted molar refractivity (Wildman–Crippen MR) is 97.9 cm³/mol. The van der Waals surface area contributed by atoms with E-state index in [-0.39, 0.29) is 12.0 Å². The predicted octanol–water partition coefficient (Wildman–Crippen LogP) is 2.95. The van der Waals surface area contributed by atoms with Crippen LogP contribution in [0.4, 0.5) is 0 Å². The van der Waals surface area contributed by atoms with Crippen molar-refractivity contribution in [2.24, 2.45) is 5.92 Å². The van der Waals surface area contributed by atoms with Gasteiger partial charge in [0.05, 0.1) is 17.8 Å². The summed E-state index contributed by atoms with van der Waals surface area (Å²) in [6.07, 6.45) is 4.84. The Hall–Kier alpha value is -1.10. The maximum Gasteiger partial charge on any atom is 0.119 e. The molecule has 0 bridgehead atoms. The Kier molecular flexibility index (Phi) is 4.91. The molecule has 1 saturated carbocycles. The second-order valence-corrected chi connectivity index (χ2v) is 8.42. The van der Waals surface area contributed by atoms with Crippen LogP contribution in [-0.4, -0.2) is 39.7 Å². The van der Waals surface area contributed by atoms with Gasteiger partial charge in [0, 0.05) is 18.4 Å². The van der Waals surface area contributed by atoms with Crippen molar-refractivity contribution in [1.82, 2.24) is 0 Å². The van der Waals surface area contributed by atoms with Crippen molar-refractivity contribution in [3.63, 3.8) is 0 Å². The molecule has 0 saturated heterocycles. The highest BCUT2D eigenvalue weighted by atomic mass is 16.5. The molecule has 4 heteroatoms. The number of ether oxygens (including phenoxy) is 1. The molecule has 25 heavy (non-hydrogen) atoms. The first-order valence-corrected chi connectivity index (χ1v) is 9.57. The molecule has 1 aromatic rings. The molecule has 0 spiro atoms. The van der Waals surface area contributed by atoms with Gasteiger partial charge >= 0.3 is 0 Å². The third-order valence-electron chi connectivity index (χ3n) is 6.82. The SMILES string of the molecule is CC[C@@]12C[C@@](C)(O)[C@@](C)(O)C[C@H]1CCc1cc(OCCCO)ccc12. The van der Waals surface area contributed by atoms with E-state index in [0.717, 1.165) is 25.0 Å². The van der Waals surface area contributed by atoms with Gasteiger partial charge in [-0.25, -0.2) is 0 Å². The topological polar surface area (TPSA) is 69.9 Å². The Morgan fingerprint density at radius 3 is 2.64 bits per heavy atom. The first kappa shape index (κ1) is 18.7. The second kappa shape index (κ2) is 6.57. The van der Waals surface area contributed by atoms with Gasteiger partial charge in [0.1, 0.15) is 5.75 Å². The first-order valence-electron chi connectivity index (χ1n) is 9.57. The van der Waals surface area contributed by atoms with Gasteiger partial charge in [-0.2, -0.15) is 0 Å². The monoisotopic (exact) mass is 348 g/mol. The number of hydrogen-bond donors (Lipinski definition) is 3. The van der Waals surface area contributed by atoms with Crippen molar-refractivity contribution < 1.29 is 20.1 Å². The average molecular weight is 348 g/mol. The van der Waals surface area contributed by atoms with Crippen LogP contribution < -0.4 is 4.74 Å². The fourth-order valence-corrected chi connectivity index (χ4v) is 5.08. The molecule has 0 radical (unpaired) electrons. The van der Waals surface area contributed by atoms with Gasteiger partial charge in [0.2, 0.25) is 0 Å². The summed E-state index contributed by atoms with van der Waals surface area (Å²) in [5.74, 6) is 1.24. The van der Waals surface area contributed by atoms with Crippen LogP contribution in [0, 0.1) is 5.92 Å². The van der Waals surface area contributed by atoms with E-state index >= 15 is 0 Å². The fourth-order valence-electron chi connectivity index (χ4n) is 5.08. The third kappa shape index (κ3) is 3.09. The van der Waals surface area contributed by atoms with Gasteiger partial charge < -0.3 is 20.1 Å². The van der Waals surface area contributed by atoms with Crippen molar-refractivity contribution in [2.45, 2.75) is 75.9 Å². The molecule has 2 aliphatic carbocycles. The molecule has 4 nitrogen and oxygen atoms in total. The average Bonchev–Trinajstić information content (AvgIpc) is 2.55. The second-order valence-electron chi connectivity index (χ2n) is 8.42. The highest BCUT2D eigenvalue weighted by molar-refractivity contribution is 5.44. The van der Waals surface area contributed by atoms with Gasteiger partial charge in [-0.15, -0.1) is 0 Å². The third-order valence-corrected chi connectivity index (χ3v) is 6.82. The summed E-state index contributed by atoms with van der Waals surface area (Å²) in [7, 11) is 0. The molecule has 4 atom stereocenters. The number of benzene rings is 1. The van der Waals surface area contributed by atoms with Gasteiger partial charge in [0.15, 0.2) is 0 Å². The Morgan fingerprint density at radius 1 is 1.20 bits per heavy atom. The van der Waals surface area contributed by atoms with Crippen molar-refractivity contribution in [1.29, 1.82) is 0 Å². The molecule has 1 aromatic carbocycles. The van der Waals surface area contributed by atoms with E-state index in [1.54, 1.807) is 13.8 Å². The Bertz CT molecular complexity index is 622. The Balaban J connectivity index is 1.94. The first-order chi connectivity index (χ1) is 11.8. The van der Waals surface area contributed by atoms with Crippen LogP contribution in [0.3, 0.4) is 0 Å². The van der Waals surface area contributed by atoms with Crippen LogP contribution in [0.15, 0.2) is 18.2 Å². The van der Waals surface area contributed by atoms with Crippen LogP contribution in [0.25, 0.3) is 0 Å². The zero-order valence-corrected chi connectivity index (χ0v) is 15.7. The summed E-state index contributed by atoms with van der Waals surface area (Å²) in [6.45, 7) is 6.42. The molecule has 140 valence electrons. The largest absolute Gasteiger partial charge is 0.493 e. The fraction of sp³-hybridized carbons (Fsp3) is 0.714. The maximum absolute atomic E-state index is 11.0. The smallest absolute Gasteiger partial charge is 0.119 e. The lowest BCUT2D eigenvalue weighted by Crippen LogP contribution is -2.62. The van der Waals surface area contributed by atoms with Gasteiger partial charge in [-0.05, 0) is 75.1 Å². The normalized spacial score (nSPS) is 37.3. The van der Waals surface area contributed by atoms with E-state index in [9.17, 15) is 10.2 Å². The quantitative estimate of drug-likeness (QED) is 0.716. The molecular formula is C21H32O4. The summed E-state index contributed by atoms with van der Waals surface area (Å²) in [5.41, 5.74) is 0.405. The summed E-state index contributed by atoms with van der Waals surface area (Å²) in [4.78, 5) is 0. The lowest BCUT2D eigenvalue weighted by atomic mass is 9.50. The molecule has 3 N–H and O–H groups in total. The van der Waals surface area contributed by atoms with Crippen molar-refractivity contribution in [3.8, 4) is 5.75 Å². The van der Waals surface area contributed by atoms with E-state index in [4.69, 9.17) is 9.84 Å². The van der Waals surface area contributed by atoms with E-state index in [2.05, 4.69) is 19.1 Å².